The van der Waals surface area contributed by atoms with E-state index in [1.165, 1.54) is 5.56 Å². The maximum atomic E-state index is 12.4. The largest absolute Gasteiger partial charge is 0.356 e. The Morgan fingerprint density at radius 1 is 0.958 bits per heavy atom. The fourth-order valence-corrected chi connectivity index (χ4v) is 3.92. The van der Waals surface area contributed by atoms with Crippen molar-refractivity contribution in [2.75, 3.05) is 19.6 Å². The van der Waals surface area contributed by atoms with Crippen molar-refractivity contribution in [1.82, 2.24) is 10.2 Å². The molecule has 4 heteroatoms. The number of benzene rings is 1. The van der Waals surface area contributed by atoms with E-state index >= 15 is 0 Å². The van der Waals surface area contributed by atoms with Crippen LogP contribution in [0.5, 0.6) is 0 Å². The maximum absolute atomic E-state index is 12.4. The van der Waals surface area contributed by atoms with Crippen LogP contribution in [0.1, 0.15) is 44.1 Å². The van der Waals surface area contributed by atoms with Gasteiger partial charge in [0.25, 0.3) is 0 Å². The molecule has 4 nitrogen and oxygen atoms in total. The molecule has 0 aromatic heterocycles. The quantitative estimate of drug-likeness (QED) is 0.903. The molecule has 1 saturated heterocycles. The van der Waals surface area contributed by atoms with E-state index in [1.54, 1.807) is 0 Å². The summed E-state index contributed by atoms with van der Waals surface area (Å²) < 4.78 is 0. The van der Waals surface area contributed by atoms with E-state index in [0.29, 0.717) is 12.5 Å². The smallest absolute Gasteiger partial charge is 0.225 e. The number of amides is 2. The molecule has 0 radical (unpaired) electrons. The van der Waals surface area contributed by atoms with Crippen LogP contribution in [0.2, 0.25) is 0 Å². The van der Waals surface area contributed by atoms with Crippen molar-refractivity contribution in [3.63, 3.8) is 0 Å². The summed E-state index contributed by atoms with van der Waals surface area (Å²) >= 11 is 0. The number of nitrogens with zero attached hydrogens (tertiary/aromatic N) is 1. The molecule has 1 aromatic carbocycles. The molecule has 1 N–H and O–H groups in total. The highest BCUT2D eigenvalue weighted by atomic mass is 16.2. The molecule has 24 heavy (non-hydrogen) atoms. The first kappa shape index (κ1) is 17.0. The minimum Gasteiger partial charge on any atom is -0.356 e. The van der Waals surface area contributed by atoms with E-state index < -0.39 is 0 Å². The van der Waals surface area contributed by atoms with E-state index in [-0.39, 0.29) is 17.7 Å². The monoisotopic (exact) mass is 328 g/mol. The highest BCUT2D eigenvalue weighted by Crippen LogP contribution is 2.31. The number of rotatable bonds is 5. The van der Waals surface area contributed by atoms with E-state index in [0.717, 1.165) is 58.0 Å². The van der Waals surface area contributed by atoms with Gasteiger partial charge in [-0.3, -0.25) is 9.59 Å². The van der Waals surface area contributed by atoms with Crippen molar-refractivity contribution in [3.8, 4) is 0 Å². The van der Waals surface area contributed by atoms with Crippen LogP contribution in [0.15, 0.2) is 30.3 Å². The molecule has 1 aliphatic heterocycles. The van der Waals surface area contributed by atoms with Gasteiger partial charge in [-0.2, -0.15) is 0 Å². The number of carbonyl (C=O) groups is 2. The lowest BCUT2D eigenvalue weighted by Crippen LogP contribution is -2.39. The number of likely N-dealkylation sites (tertiary alicyclic amines) is 1. The lowest BCUT2D eigenvalue weighted by Gasteiger charge is -2.29. The van der Waals surface area contributed by atoms with Gasteiger partial charge in [0, 0.05) is 31.5 Å². The van der Waals surface area contributed by atoms with E-state index in [1.807, 2.05) is 23.1 Å². The van der Waals surface area contributed by atoms with Gasteiger partial charge in [0.1, 0.15) is 0 Å². The average molecular weight is 328 g/mol. The molecule has 2 aliphatic rings. The van der Waals surface area contributed by atoms with Gasteiger partial charge in [-0.1, -0.05) is 30.3 Å². The third kappa shape index (κ3) is 4.37. The average Bonchev–Trinajstić information content (AvgIpc) is 3.17. The molecule has 1 saturated carbocycles. The summed E-state index contributed by atoms with van der Waals surface area (Å²) in [6.07, 6.45) is 6.59. The third-order valence-corrected chi connectivity index (χ3v) is 5.42. The molecule has 130 valence electrons. The lowest BCUT2D eigenvalue weighted by molar-refractivity contribution is -0.137. The predicted molar refractivity (Wildman–Crippen MR) is 94.4 cm³/mol. The Morgan fingerprint density at radius 3 is 2.25 bits per heavy atom. The van der Waals surface area contributed by atoms with Gasteiger partial charge in [-0.25, -0.2) is 0 Å². The van der Waals surface area contributed by atoms with Gasteiger partial charge < -0.3 is 10.2 Å². The van der Waals surface area contributed by atoms with Gasteiger partial charge in [-0.05, 0) is 50.5 Å². The Balaban J connectivity index is 1.38. The molecule has 0 unspecified atom stereocenters. The summed E-state index contributed by atoms with van der Waals surface area (Å²) in [6.45, 7) is 2.55. The van der Waals surface area contributed by atoms with Crippen LogP contribution in [0.3, 0.4) is 0 Å². The zero-order valence-electron chi connectivity index (χ0n) is 14.4. The normalized spacial score (nSPS) is 23.9. The number of hydrogen-bond acceptors (Lipinski definition) is 2. The molecule has 3 rings (SSSR count). The van der Waals surface area contributed by atoms with Gasteiger partial charge in [0.15, 0.2) is 0 Å². The second-order valence-corrected chi connectivity index (χ2v) is 7.11. The molecule has 2 fully saturated rings. The molecular weight excluding hydrogens is 300 g/mol. The van der Waals surface area contributed by atoms with Crippen molar-refractivity contribution in [2.24, 2.45) is 11.8 Å². The van der Waals surface area contributed by atoms with E-state index in [4.69, 9.17) is 0 Å². The predicted octanol–water partition coefficient (Wildman–Crippen LogP) is 2.77. The summed E-state index contributed by atoms with van der Waals surface area (Å²) in [5.41, 5.74) is 1.25. The summed E-state index contributed by atoms with van der Waals surface area (Å²) in [5, 5.41) is 3.07. The first-order valence-electron chi connectivity index (χ1n) is 9.34. The van der Waals surface area contributed by atoms with E-state index in [9.17, 15) is 9.59 Å². The Morgan fingerprint density at radius 2 is 1.58 bits per heavy atom. The minimum absolute atomic E-state index is 0.0865. The second kappa shape index (κ2) is 8.32. The summed E-state index contributed by atoms with van der Waals surface area (Å²) in [7, 11) is 0. The van der Waals surface area contributed by atoms with E-state index in [2.05, 4.69) is 17.4 Å². The van der Waals surface area contributed by atoms with Crippen molar-refractivity contribution >= 4 is 11.8 Å². The van der Waals surface area contributed by atoms with Crippen molar-refractivity contribution < 1.29 is 9.59 Å². The molecule has 1 aliphatic carbocycles. The van der Waals surface area contributed by atoms with Crippen LogP contribution in [-0.4, -0.2) is 36.3 Å². The van der Waals surface area contributed by atoms with Crippen molar-refractivity contribution in [1.29, 1.82) is 0 Å². The second-order valence-electron chi connectivity index (χ2n) is 7.11. The molecule has 2 amide bonds. The van der Waals surface area contributed by atoms with Crippen molar-refractivity contribution in [2.45, 2.75) is 44.9 Å². The zero-order valence-corrected chi connectivity index (χ0v) is 14.4. The lowest BCUT2D eigenvalue weighted by atomic mass is 9.81. The number of nitrogens with one attached hydrogen (secondary N) is 1. The SMILES string of the molecule is O=C(NCCc1ccccc1)C1CCC(C(=O)N2CCCC2)CC1. The highest BCUT2D eigenvalue weighted by Gasteiger charge is 2.32. The van der Waals surface area contributed by atoms with Crippen LogP contribution in [0.4, 0.5) is 0 Å². The van der Waals surface area contributed by atoms with Gasteiger partial charge in [0.2, 0.25) is 11.8 Å². The first-order valence-corrected chi connectivity index (χ1v) is 9.34. The third-order valence-electron chi connectivity index (χ3n) is 5.42. The maximum Gasteiger partial charge on any atom is 0.225 e. The summed E-state index contributed by atoms with van der Waals surface area (Å²) in [6, 6.07) is 10.2. The van der Waals surface area contributed by atoms with Crippen LogP contribution in [-0.2, 0) is 16.0 Å². The number of carbonyl (C=O) groups excluding carboxylic acids is 2. The van der Waals surface area contributed by atoms with Crippen molar-refractivity contribution in [3.05, 3.63) is 35.9 Å². The van der Waals surface area contributed by atoms with Crippen LogP contribution in [0, 0.1) is 11.8 Å². The molecule has 0 atom stereocenters. The fraction of sp³-hybridized carbons (Fsp3) is 0.600. The van der Waals surface area contributed by atoms with Crippen LogP contribution >= 0.6 is 0 Å². The molecule has 1 heterocycles. The topological polar surface area (TPSA) is 49.4 Å². The Kier molecular flexibility index (Phi) is 5.89. The number of hydrogen-bond donors (Lipinski definition) is 1. The van der Waals surface area contributed by atoms with Gasteiger partial charge in [-0.15, -0.1) is 0 Å². The summed E-state index contributed by atoms with van der Waals surface area (Å²) in [4.78, 5) is 26.8. The standard InChI is InChI=1S/C20H28N2O2/c23-19(21-13-12-16-6-2-1-3-7-16)17-8-10-18(11-9-17)20(24)22-14-4-5-15-22/h1-3,6-7,17-18H,4-5,8-15H2,(H,21,23). The van der Waals surface area contributed by atoms with Gasteiger partial charge in [0.05, 0.1) is 0 Å². The van der Waals surface area contributed by atoms with Gasteiger partial charge >= 0.3 is 0 Å². The van der Waals surface area contributed by atoms with Crippen LogP contribution in [0.25, 0.3) is 0 Å². The Labute approximate surface area is 144 Å². The minimum atomic E-state index is 0.0865. The molecule has 0 bridgehead atoms. The molecule has 1 aromatic rings. The Bertz CT molecular complexity index is 544. The Hall–Kier alpha value is -1.84. The molecule has 0 spiro atoms. The van der Waals surface area contributed by atoms with Crippen LogP contribution < -0.4 is 5.32 Å². The first-order chi connectivity index (χ1) is 11.7. The zero-order chi connectivity index (χ0) is 16.8. The highest BCUT2D eigenvalue weighted by molar-refractivity contribution is 5.81. The summed E-state index contributed by atoms with van der Waals surface area (Å²) in [5.74, 6) is 0.730. The fourth-order valence-electron chi connectivity index (χ4n) is 3.92. The molecular formula is C20H28N2O2.